The maximum Gasteiger partial charge on any atom is 0.134 e. The van der Waals surface area contributed by atoms with Gasteiger partial charge in [-0.05, 0) is 58.0 Å². The number of hydrogen-bond acceptors (Lipinski definition) is 3. The van der Waals surface area contributed by atoms with Crippen LogP contribution < -0.4 is 0 Å². The van der Waals surface area contributed by atoms with E-state index in [1.807, 2.05) is 12.1 Å². The minimum absolute atomic E-state index is 0.0284. The summed E-state index contributed by atoms with van der Waals surface area (Å²) in [4.78, 5) is 9.29. The molecule has 0 fully saturated rings. The molecule has 3 aromatic carbocycles. The Hall–Kier alpha value is -3.46. The van der Waals surface area contributed by atoms with Crippen LogP contribution in [0.25, 0.3) is 44.3 Å². The lowest BCUT2D eigenvalue weighted by Crippen LogP contribution is -2.12. The van der Waals surface area contributed by atoms with Gasteiger partial charge in [0, 0.05) is 22.9 Å². The van der Waals surface area contributed by atoms with Crippen LogP contribution in [0.4, 0.5) is 0 Å². The molecule has 0 N–H and O–H groups in total. The summed E-state index contributed by atoms with van der Waals surface area (Å²) in [5.41, 5.74) is 6.29. The summed E-state index contributed by atoms with van der Waals surface area (Å²) in [7, 11) is 0. The molecule has 5 aromatic rings. The summed E-state index contributed by atoms with van der Waals surface area (Å²) in [6.07, 6.45) is 2.60. The van der Waals surface area contributed by atoms with E-state index in [1.54, 1.807) is 6.33 Å². The molecule has 0 radical (unpaired) electrons. The lowest BCUT2D eigenvalue weighted by atomic mass is 9.82. The van der Waals surface area contributed by atoms with Crippen LogP contribution in [0.5, 0.6) is 0 Å². The first kappa shape index (κ1) is 21.4. The zero-order valence-corrected chi connectivity index (χ0v) is 20.0. The number of aromatic nitrogens is 2. The summed E-state index contributed by atoms with van der Waals surface area (Å²) < 4.78 is 6.11. The SMILES string of the molecule is CC(C)Cc1cc2c(-c3cc(-c4cc(C(C)(C)C)c5ccccc5c4)ncn3)cccc2o1. The second-order valence-corrected chi connectivity index (χ2v) is 10.3. The topological polar surface area (TPSA) is 38.9 Å². The smallest absolute Gasteiger partial charge is 0.134 e. The highest BCUT2D eigenvalue weighted by atomic mass is 16.3. The van der Waals surface area contributed by atoms with Crippen LogP contribution in [0.15, 0.2) is 77.5 Å². The Morgan fingerprint density at radius 1 is 0.818 bits per heavy atom. The second kappa shape index (κ2) is 8.15. The van der Waals surface area contributed by atoms with Crippen molar-refractivity contribution in [2.45, 2.75) is 46.5 Å². The lowest BCUT2D eigenvalue weighted by Gasteiger charge is -2.22. The van der Waals surface area contributed by atoms with Crippen LogP contribution in [0.2, 0.25) is 0 Å². The van der Waals surface area contributed by atoms with Gasteiger partial charge in [-0.25, -0.2) is 9.97 Å². The number of nitrogens with zero attached hydrogens (tertiary/aromatic N) is 2. The fraction of sp³-hybridized carbons (Fsp3) is 0.267. The van der Waals surface area contributed by atoms with Crippen LogP contribution >= 0.6 is 0 Å². The van der Waals surface area contributed by atoms with Crippen molar-refractivity contribution in [3.05, 3.63) is 84.4 Å². The monoisotopic (exact) mass is 434 g/mol. The van der Waals surface area contributed by atoms with E-state index in [4.69, 9.17) is 4.42 Å². The molecule has 0 aliphatic rings. The van der Waals surface area contributed by atoms with E-state index in [-0.39, 0.29) is 5.41 Å². The molecule has 0 spiro atoms. The summed E-state index contributed by atoms with van der Waals surface area (Å²) in [5, 5.41) is 3.63. The molecule has 0 saturated heterocycles. The summed E-state index contributed by atoms with van der Waals surface area (Å²) in [6.45, 7) is 11.2. The number of hydrogen-bond donors (Lipinski definition) is 0. The van der Waals surface area contributed by atoms with Crippen LogP contribution in [-0.2, 0) is 11.8 Å². The minimum Gasteiger partial charge on any atom is -0.461 e. The Balaban J connectivity index is 1.64. The van der Waals surface area contributed by atoms with Crippen molar-refractivity contribution in [1.82, 2.24) is 9.97 Å². The predicted molar refractivity (Wildman–Crippen MR) is 137 cm³/mol. The molecule has 0 aliphatic heterocycles. The largest absolute Gasteiger partial charge is 0.461 e. The van der Waals surface area contributed by atoms with E-state index < -0.39 is 0 Å². The van der Waals surface area contributed by atoms with Gasteiger partial charge >= 0.3 is 0 Å². The van der Waals surface area contributed by atoms with Crippen molar-refractivity contribution in [3.8, 4) is 22.5 Å². The van der Waals surface area contributed by atoms with Gasteiger partial charge in [-0.1, -0.05) is 71.0 Å². The Bertz CT molecular complexity index is 1450. The minimum atomic E-state index is 0.0284. The Morgan fingerprint density at radius 2 is 1.61 bits per heavy atom. The first-order valence-electron chi connectivity index (χ1n) is 11.7. The molecule has 3 heteroatoms. The third kappa shape index (κ3) is 4.16. The van der Waals surface area contributed by atoms with Crippen LogP contribution in [0.1, 0.15) is 45.9 Å². The molecule has 0 saturated carbocycles. The van der Waals surface area contributed by atoms with E-state index in [1.165, 1.54) is 16.3 Å². The summed E-state index contributed by atoms with van der Waals surface area (Å²) >= 11 is 0. The van der Waals surface area contributed by atoms with Gasteiger partial charge in [0.2, 0.25) is 0 Å². The molecular weight excluding hydrogens is 404 g/mol. The summed E-state index contributed by atoms with van der Waals surface area (Å²) in [5.74, 6) is 1.57. The molecule has 0 unspecified atom stereocenters. The molecule has 3 nitrogen and oxygen atoms in total. The standard InChI is InChI=1S/C30H30N2O/c1-19(2)13-22-16-25-24(11-8-12-29(25)33-22)28-17-27(31-18-32-28)21-14-20-9-6-7-10-23(20)26(15-21)30(3,4)5/h6-12,14-19H,13H2,1-5H3. The predicted octanol–water partition coefficient (Wildman–Crippen LogP) is 8.21. The molecule has 2 heterocycles. The fourth-order valence-electron chi connectivity index (χ4n) is 4.58. The van der Waals surface area contributed by atoms with Gasteiger partial charge in [-0.2, -0.15) is 0 Å². The Kier molecular flexibility index (Phi) is 5.28. The molecule has 0 amide bonds. The number of fused-ring (bicyclic) bond motifs is 2. The fourth-order valence-corrected chi connectivity index (χ4v) is 4.58. The van der Waals surface area contributed by atoms with Crippen molar-refractivity contribution in [3.63, 3.8) is 0 Å². The van der Waals surface area contributed by atoms with Gasteiger partial charge in [0.25, 0.3) is 0 Å². The maximum atomic E-state index is 6.11. The van der Waals surface area contributed by atoms with Crippen molar-refractivity contribution in [2.75, 3.05) is 0 Å². The highest BCUT2D eigenvalue weighted by Gasteiger charge is 2.19. The van der Waals surface area contributed by atoms with E-state index in [0.717, 1.165) is 45.7 Å². The van der Waals surface area contributed by atoms with E-state index in [2.05, 4.69) is 99.2 Å². The van der Waals surface area contributed by atoms with Crippen molar-refractivity contribution < 1.29 is 4.42 Å². The number of benzene rings is 3. The average Bonchev–Trinajstić information content (AvgIpc) is 3.19. The molecular formula is C30H30N2O. The molecule has 0 bridgehead atoms. The van der Waals surface area contributed by atoms with Crippen molar-refractivity contribution in [2.24, 2.45) is 5.92 Å². The van der Waals surface area contributed by atoms with Gasteiger partial charge in [-0.3, -0.25) is 0 Å². The van der Waals surface area contributed by atoms with E-state index in [0.29, 0.717) is 5.92 Å². The normalized spacial score (nSPS) is 12.2. The Labute approximate surface area is 195 Å². The van der Waals surface area contributed by atoms with Gasteiger partial charge in [0.1, 0.15) is 17.7 Å². The zero-order chi connectivity index (χ0) is 23.2. The van der Waals surface area contributed by atoms with E-state index >= 15 is 0 Å². The van der Waals surface area contributed by atoms with Gasteiger partial charge < -0.3 is 4.42 Å². The lowest BCUT2D eigenvalue weighted by molar-refractivity contribution is 0.500. The molecule has 0 atom stereocenters. The van der Waals surface area contributed by atoms with Gasteiger partial charge in [0.05, 0.1) is 11.4 Å². The molecule has 5 rings (SSSR count). The zero-order valence-electron chi connectivity index (χ0n) is 20.0. The van der Waals surface area contributed by atoms with E-state index in [9.17, 15) is 0 Å². The third-order valence-corrected chi connectivity index (χ3v) is 6.13. The Morgan fingerprint density at radius 3 is 2.39 bits per heavy atom. The van der Waals surface area contributed by atoms with Crippen LogP contribution in [0.3, 0.4) is 0 Å². The van der Waals surface area contributed by atoms with Crippen LogP contribution in [-0.4, -0.2) is 9.97 Å². The highest BCUT2D eigenvalue weighted by molar-refractivity contribution is 5.95. The van der Waals surface area contributed by atoms with Gasteiger partial charge in [0.15, 0.2) is 0 Å². The molecule has 33 heavy (non-hydrogen) atoms. The highest BCUT2D eigenvalue weighted by Crippen LogP contribution is 2.36. The number of rotatable bonds is 4. The average molecular weight is 435 g/mol. The maximum absolute atomic E-state index is 6.11. The number of furan rings is 1. The molecule has 0 aliphatic carbocycles. The van der Waals surface area contributed by atoms with Crippen molar-refractivity contribution in [1.29, 1.82) is 0 Å². The first-order valence-corrected chi connectivity index (χ1v) is 11.7. The summed E-state index contributed by atoms with van der Waals surface area (Å²) in [6, 6.07) is 23.6. The van der Waals surface area contributed by atoms with Crippen LogP contribution in [0, 0.1) is 5.92 Å². The van der Waals surface area contributed by atoms with Gasteiger partial charge in [-0.15, -0.1) is 0 Å². The van der Waals surface area contributed by atoms with Crippen molar-refractivity contribution >= 4 is 21.7 Å². The first-order chi connectivity index (χ1) is 15.8. The molecule has 2 aromatic heterocycles. The second-order valence-electron chi connectivity index (χ2n) is 10.3. The third-order valence-electron chi connectivity index (χ3n) is 6.13. The quantitative estimate of drug-likeness (QED) is 0.286. The molecule has 166 valence electrons.